The van der Waals surface area contributed by atoms with Gasteiger partial charge in [-0.15, -0.1) is 0 Å². The van der Waals surface area contributed by atoms with Crippen LogP contribution in [0.2, 0.25) is 0 Å². The zero-order valence-corrected chi connectivity index (χ0v) is 11.8. The fraction of sp³-hybridized carbons (Fsp3) is 0.533. The molecule has 1 spiro atoms. The molecule has 0 aromatic heterocycles. The Morgan fingerprint density at radius 2 is 2.29 bits per heavy atom. The van der Waals surface area contributed by atoms with Crippen LogP contribution in [-0.4, -0.2) is 23.0 Å². The first kappa shape index (κ1) is 13.8. The molecule has 0 bridgehead atoms. The zero-order valence-electron chi connectivity index (χ0n) is 11.8. The van der Waals surface area contributed by atoms with Gasteiger partial charge in [0.25, 0.3) is 5.69 Å². The third-order valence-corrected chi connectivity index (χ3v) is 4.62. The second-order valence-electron chi connectivity index (χ2n) is 6.00. The van der Waals surface area contributed by atoms with Gasteiger partial charge in [0.15, 0.2) is 0 Å². The quantitative estimate of drug-likeness (QED) is 0.658. The number of nitrogens with one attached hydrogen (secondary N) is 2. The summed E-state index contributed by atoms with van der Waals surface area (Å²) in [4.78, 5) is 10.7. The van der Waals surface area contributed by atoms with Crippen LogP contribution in [0.3, 0.4) is 0 Å². The molecule has 21 heavy (non-hydrogen) atoms. The number of anilines is 1. The molecule has 1 atom stereocenters. The van der Waals surface area contributed by atoms with Crippen molar-refractivity contribution in [3.63, 3.8) is 0 Å². The maximum atomic E-state index is 11.2. The summed E-state index contributed by atoms with van der Waals surface area (Å²) in [5.74, 6) is 0. The maximum Gasteiger partial charge on any atom is 0.293 e. The average molecular weight is 286 g/mol. The van der Waals surface area contributed by atoms with Gasteiger partial charge in [-0.1, -0.05) is 0 Å². The average Bonchev–Trinajstić information content (AvgIpc) is 2.46. The molecular weight excluding hydrogens is 268 g/mol. The molecule has 2 aliphatic rings. The van der Waals surface area contributed by atoms with E-state index in [2.05, 4.69) is 10.6 Å². The van der Waals surface area contributed by atoms with E-state index in [0.29, 0.717) is 11.3 Å². The summed E-state index contributed by atoms with van der Waals surface area (Å²) < 4.78 is 0. The minimum atomic E-state index is -0.427. The number of nitro groups is 1. The van der Waals surface area contributed by atoms with Crippen molar-refractivity contribution in [3.8, 4) is 6.07 Å². The van der Waals surface area contributed by atoms with Gasteiger partial charge in [0.2, 0.25) is 0 Å². The van der Waals surface area contributed by atoms with Gasteiger partial charge in [-0.05, 0) is 50.8 Å². The SMILES string of the molecule is N#Cc1ccc(NC2CCNC3(CCC3)C2)c([N+](=O)[O-])c1. The number of nitro benzene ring substituents is 1. The summed E-state index contributed by atoms with van der Waals surface area (Å²) in [6.07, 6.45) is 5.61. The highest BCUT2D eigenvalue weighted by Crippen LogP contribution is 2.39. The second kappa shape index (κ2) is 5.34. The van der Waals surface area contributed by atoms with Crippen LogP contribution in [0.25, 0.3) is 0 Å². The largest absolute Gasteiger partial charge is 0.377 e. The van der Waals surface area contributed by atoms with Crippen molar-refractivity contribution in [2.24, 2.45) is 0 Å². The number of hydrogen-bond acceptors (Lipinski definition) is 5. The summed E-state index contributed by atoms with van der Waals surface area (Å²) in [5, 5.41) is 26.9. The van der Waals surface area contributed by atoms with Crippen LogP contribution in [0.15, 0.2) is 18.2 Å². The van der Waals surface area contributed by atoms with Crippen molar-refractivity contribution in [3.05, 3.63) is 33.9 Å². The molecule has 3 rings (SSSR count). The van der Waals surface area contributed by atoms with Crippen molar-refractivity contribution in [2.75, 3.05) is 11.9 Å². The first-order valence-corrected chi connectivity index (χ1v) is 7.32. The molecular formula is C15H18N4O2. The Kier molecular flexibility index (Phi) is 3.52. The topological polar surface area (TPSA) is 91.0 Å². The Morgan fingerprint density at radius 1 is 1.48 bits per heavy atom. The van der Waals surface area contributed by atoms with Crippen molar-refractivity contribution in [1.29, 1.82) is 5.26 Å². The number of nitrogens with zero attached hydrogens (tertiary/aromatic N) is 2. The molecule has 1 aliphatic carbocycles. The van der Waals surface area contributed by atoms with Gasteiger partial charge >= 0.3 is 0 Å². The number of nitriles is 1. The van der Waals surface area contributed by atoms with E-state index in [9.17, 15) is 10.1 Å². The molecule has 1 unspecified atom stereocenters. The van der Waals surface area contributed by atoms with Crippen molar-refractivity contribution in [1.82, 2.24) is 5.32 Å². The van der Waals surface area contributed by atoms with Gasteiger partial charge < -0.3 is 10.6 Å². The smallest absolute Gasteiger partial charge is 0.293 e. The number of rotatable bonds is 3. The number of hydrogen-bond donors (Lipinski definition) is 2. The van der Waals surface area contributed by atoms with Crippen LogP contribution < -0.4 is 10.6 Å². The fourth-order valence-electron chi connectivity index (χ4n) is 3.36. The van der Waals surface area contributed by atoms with E-state index in [1.54, 1.807) is 12.1 Å². The van der Waals surface area contributed by atoms with Gasteiger partial charge in [0.1, 0.15) is 5.69 Å². The summed E-state index contributed by atoms with van der Waals surface area (Å²) in [7, 11) is 0. The van der Waals surface area contributed by atoms with Crippen LogP contribution >= 0.6 is 0 Å². The molecule has 1 saturated heterocycles. The normalized spacial score (nSPS) is 23.1. The van der Waals surface area contributed by atoms with Crippen molar-refractivity contribution < 1.29 is 4.92 Å². The molecule has 6 heteroatoms. The van der Waals surface area contributed by atoms with Crippen LogP contribution in [0, 0.1) is 21.4 Å². The molecule has 1 aromatic rings. The third kappa shape index (κ3) is 2.69. The molecule has 0 radical (unpaired) electrons. The van der Waals surface area contributed by atoms with E-state index in [-0.39, 0.29) is 17.3 Å². The highest BCUT2D eigenvalue weighted by atomic mass is 16.6. The Morgan fingerprint density at radius 3 is 2.90 bits per heavy atom. The lowest BCUT2D eigenvalue weighted by Gasteiger charge is -2.48. The van der Waals surface area contributed by atoms with Gasteiger partial charge in [-0.25, -0.2) is 0 Å². The third-order valence-electron chi connectivity index (χ3n) is 4.62. The molecule has 6 nitrogen and oxygen atoms in total. The van der Waals surface area contributed by atoms with Gasteiger partial charge in [0.05, 0.1) is 16.6 Å². The molecule has 2 N–H and O–H groups in total. The Hall–Kier alpha value is -2.13. The standard InChI is InChI=1S/C15H18N4O2/c16-10-11-2-3-13(14(8-11)19(20)21)18-12-4-7-17-15(9-12)5-1-6-15/h2-3,8,12,17-18H,1,4-7,9H2. The zero-order chi connectivity index (χ0) is 14.9. The summed E-state index contributed by atoms with van der Waals surface area (Å²) >= 11 is 0. The lowest BCUT2D eigenvalue weighted by atomic mass is 9.70. The van der Waals surface area contributed by atoms with E-state index in [0.717, 1.165) is 19.4 Å². The van der Waals surface area contributed by atoms with Crippen molar-refractivity contribution >= 4 is 11.4 Å². The van der Waals surface area contributed by atoms with Gasteiger partial charge in [-0.3, -0.25) is 10.1 Å². The first-order valence-electron chi connectivity index (χ1n) is 7.32. The minimum absolute atomic E-state index is 0.0183. The molecule has 1 aromatic carbocycles. The Bertz CT molecular complexity index is 604. The molecule has 0 amide bonds. The fourth-order valence-corrected chi connectivity index (χ4v) is 3.36. The minimum Gasteiger partial charge on any atom is -0.377 e. The summed E-state index contributed by atoms with van der Waals surface area (Å²) in [6, 6.07) is 6.79. The van der Waals surface area contributed by atoms with E-state index in [1.807, 2.05) is 6.07 Å². The highest BCUT2D eigenvalue weighted by Gasteiger charge is 2.41. The Labute approximate surface area is 123 Å². The monoisotopic (exact) mass is 286 g/mol. The highest BCUT2D eigenvalue weighted by molar-refractivity contribution is 5.64. The summed E-state index contributed by atoms with van der Waals surface area (Å²) in [5.41, 5.74) is 1.06. The molecule has 1 heterocycles. The first-order chi connectivity index (χ1) is 10.1. The van der Waals surface area contributed by atoms with Crippen molar-refractivity contribution in [2.45, 2.75) is 43.7 Å². The molecule has 1 saturated carbocycles. The van der Waals surface area contributed by atoms with E-state index >= 15 is 0 Å². The van der Waals surface area contributed by atoms with Crippen LogP contribution in [0.1, 0.15) is 37.7 Å². The second-order valence-corrected chi connectivity index (χ2v) is 6.00. The number of benzene rings is 1. The van der Waals surface area contributed by atoms with Crippen LogP contribution in [0.4, 0.5) is 11.4 Å². The van der Waals surface area contributed by atoms with Gasteiger partial charge in [0, 0.05) is 17.6 Å². The predicted octanol–water partition coefficient (Wildman–Crippen LogP) is 2.55. The predicted molar refractivity (Wildman–Crippen MR) is 79.0 cm³/mol. The lowest BCUT2D eigenvalue weighted by Crippen LogP contribution is -2.58. The van der Waals surface area contributed by atoms with Crippen LogP contribution in [0.5, 0.6) is 0 Å². The van der Waals surface area contributed by atoms with Gasteiger partial charge in [-0.2, -0.15) is 5.26 Å². The maximum absolute atomic E-state index is 11.2. The van der Waals surface area contributed by atoms with E-state index in [1.165, 1.54) is 25.3 Å². The van der Waals surface area contributed by atoms with Crippen LogP contribution in [-0.2, 0) is 0 Å². The summed E-state index contributed by atoms with van der Waals surface area (Å²) in [6.45, 7) is 0.946. The molecule has 1 aliphatic heterocycles. The molecule has 110 valence electrons. The van der Waals surface area contributed by atoms with E-state index in [4.69, 9.17) is 5.26 Å². The van der Waals surface area contributed by atoms with E-state index < -0.39 is 4.92 Å². The molecule has 2 fully saturated rings. The number of piperidine rings is 1. The lowest BCUT2D eigenvalue weighted by molar-refractivity contribution is -0.384. The Balaban J connectivity index is 1.78.